The summed E-state index contributed by atoms with van der Waals surface area (Å²) in [5.74, 6) is 1.84. The number of para-hydroxylation sites is 1. The van der Waals surface area contributed by atoms with E-state index in [1.165, 1.54) is 5.56 Å². The van der Waals surface area contributed by atoms with Crippen LogP contribution in [0.25, 0.3) is 0 Å². The van der Waals surface area contributed by atoms with E-state index in [9.17, 15) is 5.11 Å². The number of benzene rings is 1. The van der Waals surface area contributed by atoms with Crippen molar-refractivity contribution in [2.45, 2.75) is 51.2 Å². The predicted octanol–water partition coefficient (Wildman–Crippen LogP) is 2.68. The number of ether oxygens (including phenoxy) is 1. The van der Waals surface area contributed by atoms with Crippen LogP contribution in [0.4, 0.5) is 0 Å². The van der Waals surface area contributed by atoms with E-state index in [0.29, 0.717) is 11.8 Å². The van der Waals surface area contributed by atoms with Crippen molar-refractivity contribution < 1.29 is 9.84 Å². The van der Waals surface area contributed by atoms with Gasteiger partial charge in [-0.3, -0.25) is 0 Å². The van der Waals surface area contributed by atoms with Crippen molar-refractivity contribution in [3.05, 3.63) is 29.8 Å². The third-order valence-electron chi connectivity index (χ3n) is 4.12. The monoisotopic (exact) mass is 263 g/mol. The van der Waals surface area contributed by atoms with E-state index in [1.54, 1.807) is 0 Å². The highest BCUT2D eigenvalue weighted by molar-refractivity contribution is 5.36. The Balaban J connectivity index is 2.12. The molecule has 1 saturated carbocycles. The van der Waals surface area contributed by atoms with Gasteiger partial charge in [-0.05, 0) is 42.7 Å². The van der Waals surface area contributed by atoms with Gasteiger partial charge in [0.05, 0.1) is 6.61 Å². The fraction of sp³-hybridized carbons (Fsp3) is 0.625. The molecule has 1 aliphatic rings. The van der Waals surface area contributed by atoms with E-state index in [0.717, 1.165) is 25.0 Å². The van der Waals surface area contributed by atoms with Crippen LogP contribution in [0.3, 0.4) is 0 Å². The molecular weight excluding hydrogens is 238 g/mol. The fourth-order valence-electron chi connectivity index (χ4n) is 2.40. The summed E-state index contributed by atoms with van der Waals surface area (Å²) < 4.78 is 6.01. The quantitative estimate of drug-likeness (QED) is 0.795. The summed E-state index contributed by atoms with van der Waals surface area (Å²) in [6, 6.07) is 8.01. The molecule has 0 aromatic heterocycles. The second kappa shape index (κ2) is 6.40. The van der Waals surface area contributed by atoms with Crippen LogP contribution in [0.1, 0.15) is 44.6 Å². The fourth-order valence-corrected chi connectivity index (χ4v) is 2.40. The van der Waals surface area contributed by atoms with Crippen molar-refractivity contribution in [2.24, 2.45) is 11.7 Å². The Bertz CT molecular complexity index is 403. The Morgan fingerprint density at radius 2 is 2.05 bits per heavy atom. The molecule has 0 amide bonds. The smallest absolute Gasteiger partial charge is 0.137 e. The van der Waals surface area contributed by atoms with E-state index in [-0.39, 0.29) is 18.8 Å². The molecule has 1 aromatic rings. The lowest BCUT2D eigenvalue weighted by Crippen LogP contribution is -2.43. The molecule has 3 N–H and O–H groups in total. The van der Waals surface area contributed by atoms with Gasteiger partial charge < -0.3 is 15.6 Å². The third kappa shape index (κ3) is 3.48. The lowest BCUT2D eigenvalue weighted by molar-refractivity contribution is 0.0871. The van der Waals surface area contributed by atoms with Gasteiger partial charge >= 0.3 is 0 Å². The second-order valence-corrected chi connectivity index (χ2v) is 5.60. The summed E-state index contributed by atoms with van der Waals surface area (Å²) in [4.78, 5) is 0. The number of aliphatic hydroxyl groups is 1. The first-order chi connectivity index (χ1) is 9.17. The molecule has 0 heterocycles. The molecule has 3 nitrogen and oxygen atoms in total. The van der Waals surface area contributed by atoms with Crippen LogP contribution in [0.2, 0.25) is 0 Å². The van der Waals surface area contributed by atoms with E-state index >= 15 is 0 Å². The lowest BCUT2D eigenvalue weighted by atomic mass is 9.97. The second-order valence-electron chi connectivity index (χ2n) is 5.60. The first-order valence-electron chi connectivity index (χ1n) is 7.29. The van der Waals surface area contributed by atoms with Gasteiger partial charge in [0.15, 0.2) is 0 Å². The molecule has 3 unspecified atom stereocenters. The molecule has 0 saturated heterocycles. The molecule has 106 valence electrons. The lowest BCUT2D eigenvalue weighted by Gasteiger charge is -2.25. The van der Waals surface area contributed by atoms with E-state index < -0.39 is 0 Å². The number of hydrogen-bond donors (Lipinski definition) is 2. The molecule has 1 aromatic carbocycles. The topological polar surface area (TPSA) is 55.5 Å². The molecule has 3 heteroatoms. The summed E-state index contributed by atoms with van der Waals surface area (Å²) in [6.07, 6.45) is 3.10. The average Bonchev–Trinajstić information content (AvgIpc) is 3.28. The maximum atomic E-state index is 9.52. The SMILES string of the molecule is CCC(C)c1ccccc1OC(CO)C(N)C1CC1. The molecule has 2 rings (SSSR count). The van der Waals surface area contributed by atoms with Crippen molar-refractivity contribution in [1.82, 2.24) is 0 Å². The first kappa shape index (κ1) is 14.4. The Kier molecular flexibility index (Phi) is 4.83. The summed E-state index contributed by atoms with van der Waals surface area (Å²) >= 11 is 0. The van der Waals surface area contributed by atoms with Crippen LogP contribution in [0.15, 0.2) is 24.3 Å². The highest BCUT2D eigenvalue weighted by atomic mass is 16.5. The first-order valence-corrected chi connectivity index (χ1v) is 7.29. The zero-order chi connectivity index (χ0) is 13.8. The molecule has 0 bridgehead atoms. The van der Waals surface area contributed by atoms with Crippen LogP contribution in [0, 0.1) is 5.92 Å². The van der Waals surface area contributed by atoms with Gasteiger partial charge in [-0.1, -0.05) is 32.0 Å². The zero-order valence-corrected chi connectivity index (χ0v) is 11.9. The third-order valence-corrected chi connectivity index (χ3v) is 4.12. The number of nitrogens with two attached hydrogens (primary N) is 1. The van der Waals surface area contributed by atoms with Gasteiger partial charge in [-0.25, -0.2) is 0 Å². The number of rotatable bonds is 7. The largest absolute Gasteiger partial charge is 0.486 e. The molecule has 19 heavy (non-hydrogen) atoms. The van der Waals surface area contributed by atoms with Gasteiger partial charge in [-0.2, -0.15) is 0 Å². The average molecular weight is 263 g/mol. The molecule has 0 spiro atoms. The number of hydrogen-bond acceptors (Lipinski definition) is 3. The highest BCUT2D eigenvalue weighted by Crippen LogP contribution is 2.35. The van der Waals surface area contributed by atoms with Crippen LogP contribution in [-0.2, 0) is 0 Å². The maximum absolute atomic E-state index is 9.52. The standard InChI is InChI=1S/C16H25NO2/c1-3-11(2)13-6-4-5-7-14(13)19-15(10-18)16(17)12-8-9-12/h4-7,11-12,15-16,18H,3,8-10,17H2,1-2H3. The maximum Gasteiger partial charge on any atom is 0.137 e. The molecule has 1 aliphatic carbocycles. The Morgan fingerprint density at radius 3 is 2.63 bits per heavy atom. The molecular formula is C16H25NO2. The van der Waals surface area contributed by atoms with Gasteiger partial charge in [0.25, 0.3) is 0 Å². The summed E-state index contributed by atoms with van der Waals surface area (Å²) in [5, 5.41) is 9.52. The van der Waals surface area contributed by atoms with Crippen LogP contribution < -0.4 is 10.5 Å². The molecule has 0 radical (unpaired) electrons. The van der Waals surface area contributed by atoms with Crippen molar-refractivity contribution in [2.75, 3.05) is 6.61 Å². The van der Waals surface area contributed by atoms with Crippen LogP contribution >= 0.6 is 0 Å². The van der Waals surface area contributed by atoms with Crippen LogP contribution in [0.5, 0.6) is 5.75 Å². The Morgan fingerprint density at radius 1 is 1.37 bits per heavy atom. The van der Waals surface area contributed by atoms with Gasteiger partial charge in [0.1, 0.15) is 11.9 Å². The van der Waals surface area contributed by atoms with Gasteiger partial charge in [0.2, 0.25) is 0 Å². The normalized spacial score (nSPS) is 19.8. The minimum absolute atomic E-state index is 0.0213. The summed E-state index contributed by atoms with van der Waals surface area (Å²) in [7, 11) is 0. The minimum Gasteiger partial charge on any atom is -0.486 e. The zero-order valence-electron chi connectivity index (χ0n) is 11.9. The molecule has 3 atom stereocenters. The van der Waals surface area contributed by atoms with Crippen LogP contribution in [-0.4, -0.2) is 23.9 Å². The number of aliphatic hydroxyl groups excluding tert-OH is 1. The predicted molar refractivity (Wildman–Crippen MR) is 77.3 cm³/mol. The summed E-state index contributed by atoms with van der Waals surface area (Å²) in [5.41, 5.74) is 7.36. The van der Waals surface area contributed by atoms with E-state index in [2.05, 4.69) is 19.9 Å². The molecule has 1 fully saturated rings. The minimum atomic E-state index is -0.294. The van der Waals surface area contributed by atoms with Gasteiger partial charge in [-0.15, -0.1) is 0 Å². The van der Waals surface area contributed by atoms with Crippen molar-refractivity contribution in [3.63, 3.8) is 0 Å². The Labute approximate surface area is 115 Å². The molecule has 0 aliphatic heterocycles. The highest BCUT2D eigenvalue weighted by Gasteiger charge is 2.35. The Hall–Kier alpha value is -1.06. The van der Waals surface area contributed by atoms with E-state index in [1.807, 2.05) is 18.2 Å². The van der Waals surface area contributed by atoms with E-state index in [4.69, 9.17) is 10.5 Å². The van der Waals surface area contributed by atoms with Gasteiger partial charge in [0, 0.05) is 6.04 Å². The van der Waals surface area contributed by atoms with Crippen molar-refractivity contribution >= 4 is 0 Å². The summed E-state index contributed by atoms with van der Waals surface area (Å²) in [6.45, 7) is 4.34. The van der Waals surface area contributed by atoms with Crippen molar-refractivity contribution in [1.29, 1.82) is 0 Å². The van der Waals surface area contributed by atoms with Crippen molar-refractivity contribution in [3.8, 4) is 5.75 Å².